The number of rotatable bonds is 0. The van der Waals surface area contributed by atoms with Crippen LogP contribution in [0.1, 0.15) is 0 Å². The first-order valence-electron chi connectivity index (χ1n) is 2.26. The predicted molar refractivity (Wildman–Crippen MR) is 45.8 cm³/mol. The highest BCUT2D eigenvalue weighted by molar-refractivity contribution is 8.93. The van der Waals surface area contributed by atoms with E-state index in [1.807, 2.05) is 39.9 Å². The third kappa shape index (κ3) is 4.90. The van der Waals surface area contributed by atoms with Gasteiger partial charge in [0.2, 0.25) is 0 Å². The van der Waals surface area contributed by atoms with Crippen LogP contribution in [-0.4, -0.2) is 27.2 Å². The molecule has 0 heterocycles. The van der Waals surface area contributed by atoms with Crippen LogP contribution in [0, 0.1) is 0 Å². The SMILES string of the molecule is Br.O.[Mg+2][c]1ccccc1. The second kappa shape index (κ2) is 6.54. The van der Waals surface area contributed by atoms with Crippen molar-refractivity contribution in [3.05, 3.63) is 30.3 Å². The molecule has 0 fully saturated rings. The van der Waals surface area contributed by atoms with Crippen LogP contribution < -0.4 is 3.69 Å². The van der Waals surface area contributed by atoms with Crippen molar-refractivity contribution in [3.8, 4) is 0 Å². The van der Waals surface area contributed by atoms with Gasteiger partial charge in [0.25, 0.3) is 0 Å². The van der Waals surface area contributed by atoms with E-state index in [0.717, 1.165) is 0 Å². The summed E-state index contributed by atoms with van der Waals surface area (Å²) >= 11 is 1.90. The molecule has 0 aliphatic heterocycles. The Hall–Kier alpha value is 0.426. The Morgan fingerprint density at radius 1 is 1.00 bits per heavy atom. The van der Waals surface area contributed by atoms with E-state index in [-0.39, 0.29) is 22.5 Å². The fourth-order valence-corrected chi connectivity index (χ4v) is 0.750. The van der Waals surface area contributed by atoms with Gasteiger partial charge in [0, 0.05) is 12.1 Å². The molecule has 0 amide bonds. The molecule has 0 aliphatic rings. The van der Waals surface area contributed by atoms with Gasteiger partial charge in [-0.05, 0) is 0 Å². The molecule has 0 atom stereocenters. The molecule has 9 heavy (non-hydrogen) atoms. The van der Waals surface area contributed by atoms with Gasteiger partial charge in [-0.2, -0.15) is 0 Å². The summed E-state index contributed by atoms with van der Waals surface area (Å²) in [5.41, 5.74) is 0. The van der Waals surface area contributed by atoms with Crippen molar-refractivity contribution in [2.45, 2.75) is 0 Å². The summed E-state index contributed by atoms with van der Waals surface area (Å²) in [5, 5.41) is 0. The van der Waals surface area contributed by atoms with Crippen LogP contribution in [0.25, 0.3) is 0 Å². The number of hydrogen-bond acceptors (Lipinski definition) is 0. The molecule has 0 saturated heterocycles. The summed E-state index contributed by atoms with van der Waals surface area (Å²) in [6.45, 7) is 0. The Balaban J connectivity index is 0. The summed E-state index contributed by atoms with van der Waals surface area (Å²) < 4.78 is 1.35. The minimum atomic E-state index is 0. The van der Waals surface area contributed by atoms with Crippen LogP contribution in [0.5, 0.6) is 0 Å². The normalized spacial score (nSPS) is 6.78. The van der Waals surface area contributed by atoms with Crippen LogP contribution >= 0.6 is 17.0 Å². The molecule has 0 aliphatic carbocycles. The molecule has 0 unspecified atom stereocenters. The van der Waals surface area contributed by atoms with Crippen molar-refractivity contribution < 1.29 is 5.48 Å². The monoisotopic (exact) mass is 199 g/mol. The topological polar surface area (TPSA) is 31.5 Å². The lowest BCUT2D eigenvalue weighted by Crippen LogP contribution is -1.97. The summed E-state index contributed by atoms with van der Waals surface area (Å²) in [6, 6.07) is 10.3. The molecular formula is C6H8BrMgO+2. The smallest absolute Gasteiger partial charge is 0.412 e. The fraction of sp³-hybridized carbons (Fsp3) is 0. The minimum absolute atomic E-state index is 0. The van der Waals surface area contributed by atoms with Crippen LogP contribution in [0.2, 0.25) is 0 Å². The van der Waals surface area contributed by atoms with E-state index in [9.17, 15) is 0 Å². The molecule has 1 rings (SSSR count). The molecule has 0 saturated carbocycles. The van der Waals surface area contributed by atoms with Gasteiger partial charge >= 0.3 is 25.4 Å². The van der Waals surface area contributed by atoms with E-state index in [4.69, 9.17) is 0 Å². The predicted octanol–water partition coefficient (Wildman–Crippen LogP) is 0.234. The van der Waals surface area contributed by atoms with Gasteiger partial charge < -0.3 is 5.48 Å². The Bertz CT molecular complexity index is 143. The second-order valence-electron chi connectivity index (χ2n) is 1.49. The fourth-order valence-electron chi connectivity index (χ4n) is 0.478. The van der Waals surface area contributed by atoms with E-state index >= 15 is 0 Å². The zero-order valence-corrected chi connectivity index (χ0v) is 8.13. The van der Waals surface area contributed by atoms with E-state index in [1.165, 1.54) is 3.69 Å². The third-order valence-corrected chi connectivity index (χ3v) is 1.31. The number of halogens is 1. The Morgan fingerprint density at radius 2 is 1.44 bits per heavy atom. The van der Waals surface area contributed by atoms with E-state index < -0.39 is 0 Å². The molecule has 1 aromatic rings. The highest BCUT2D eigenvalue weighted by atomic mass is 79.9. The van der Waals surface area contributed by atoms with E-state index in [2.05, 4.69) is 12.1 Å². The second-order valence-corrected chi connectivity index (χ2v) is 2.30. The zero-order chi connectivity index (χ0) is 5.11. The van der Waals surface area contributed by atoms with Gasteiger partial charge in [-0.15, -0.1) is 17.0 Å². The molecule has 45 valence electrons. The molecular weight excluding hydrogens is 192 g/mol. The Kier molecular flexibility index (Phi) is 8.83. The molecule has 3 heteroatoms. The maximum absolute atomic E-state index is 2.10. The molecule has 0 aromatic heterocycles. The summed E-state index contributed by atoms with van der Waals surface area (Å²) in [6.07, 6.45) is 0. The minimum Gasteiger partial charge on any atom is -0.412 e. The van der Waals surface area contributed by atoms with E-state index in [0.29, 0.717) is 0 Å². The molecule has 2 N–H and O–H groups in total. The van der Waals surface area contributed by atoms with Crippen molar-refractivity contribution in [3.63, 3.8) is 0 Å². The van der Waals surface area contributed by atoms with Crippen molar-refractivity contribution >= 4 is 42.4 Å². The van der Waals surface area contributed by atoms with Gasteiger partial charge in [-0.3, -0.25) is 0 Å². The highest BCUT2D eigenvalue weighted by Gasteiger charge is 2.28. The lowest BCUT2D eigenvalue weighted by Gasteiger charge is -1.65. The molecule has 1 aromatic carbocycles. The maximum Gasteiger partial charge on any atom is 1.47 e. The van der Waals surface area contributed by atoms with Crippen LogP contribution in [0.15, 0.2) is 30.3 Å². The molecule has 0 bridgehead atoms. The van der Waals surface area contributed by atoms with Crippen LogP contribution in [-0.2, 0) is 0 Å². The maximum atomic E-state index is 2.10. The number of benzene rings is 1. The summed E-state index contributed by atoms with van der Waals surface area (Å²) in [5.74, 6) is 0. The molecule has 7 radical (unpaired) electrons. The Morgan fingerprint density at radius 3 is 1.67 bits per heavy atom. The van der Waals surface area contributed by atoms with Gasteiger partial charge in [0.1, 0.15) is 0 Å². The first-order valence-corrected chi connectivity index (χ1v) is 2.97. The van der Waals surface area contributed by atoms with Crippen molar-refractivity contribution in [1.29, 1.82) is 0 Å². The van der Waals surface area contributed by atoms with Gasteiger partial charge in [0.05, 0.1) is 0 Å². The highest BCUT2D eigenvalue weighted by Crippen LogP contribution is 1.76. The molecule has 1 nitrogen and oxygen atoms in total. The van der Waals surface area contributed by atoms with Crippen LogP contribution in [0.3, 0.4) is 0 Å². The first-order chi connectivity index (χ1) is 3.39. The Labute approximate surface area is 78.0 Å². The molecule has 0 spiro atoms. The third-order valence-electron chi connectivity index (χ3n) is 0.843. The summed E-state index contributed by atoms with van der Waals surface area (Å²) in [7, 11) is 0. The largest absolute Gasteiger partial charge is 1.47 e. The first kappa shape index (κ1) is 12.1. The quantitative estimate of drug-likeness (QED) is 0.537. The van der Waals surface area contributed by atoms with Crippen molar-refractivity contribution in [2.75, 3.05) is 0 Å². The van der Waals surface area contributed by atoms with Crippen molar-refractivity contribution in [2.24, 2.45) is 0 Å². The van der Waals surface area contributed by atoms with E-state index in [1.54, 1.807) is 0 Å². The lowest BCUT2D eigenvalue weighted by molar-refractivity contribution is 0.824. The van der Waals surface area contributed by atoms with Crippen molar-refractivity contribution in [1.82, 2.24) is 0 Å². The van der Waals surface area contributed by atoms with Crippen LogP contribution in [0.4, 0.5) is 0 Å². The average molecular weight is 200 g/mol. The zero-order valence-electron chi connectivity index (χ0n) is 5.00. The van der Waals surface area contributed by atoms with Gasteiger partial charge in [0.15, 0.2) is 0 Å². The lowest BCUT2D eigenvalue weighted by atomic mass is 10.4. The summed E-state index contributed by atoms with van der Waals surface area (Å²) in [4.78, 5) is 0. The van der Waals surface area contributed by atoms with Gasteiger partial charge in [-0.25, -0.2) is 0 Å². The van der Waals surface area contributed by atoms with Gasteiger partial charge in [-0.1, -0.05) is 18.2 Å². The average Bonchev–Trinajstić information content (AvgIpc) is 1.69. The standard InChI is InChI=1S/C6H5.BrH.Mg.H2O/c1-2-4-6-5-3-1;;;/h1-5H;1H;;1H2/q;;+2;. The number of hydrogen-bond donors (Lipinski definition) is 0.